The highest BCUT2D eigenvalue weighted by atomic mass is 79.9. The average molecular weight is 183 g/mol. The van der Waals surface area contributed by atoms with Crippen LogP contribution in [-0.2, 0) is 9.47 Å². The lowest BCUT2D eigenvalue weighted by atomic mass is 10.5. The van der Waals surface area contributed by atoms with Crippen LogP contribution in [0.1, 0.15) is 13.3 Å². The van der Waals surface area contributed by atoms with Gasteiger partial charge in [0.15, 0.2) is 0 Å². The van der Waals surface area contributed by atoms with Gasteiger partial charge in [-0.25, -0.2) is 0 Å². The van der Waals surface area contributed by atoms with Crippen LogP contribution in [0.4, 0.5) is 0 Å². The van der Waals surface area contributed by atoms with E-state index in [9.17, 15) is 0 Å². The molecule has 0 aliphatic rings. The minimum Gasteiger partial charge on any atom is -0.344 e. The first-order valence-corrected chi connectivity index (χ1v) is 3.27. The van der Waals surface area contributed by atoms with E-state index in [1.165, 1.54) is 0 Å². The van der Waals surface area contributed by atoms with Gasteiger partial charge >= 0.3 is 0 Å². The van der Waals surface area contributed by atoms with Crippen molar-refractivity contribution in [2.75, 3.05) is 14.2 Å². The molecule has 50 valence electrons. The second-order valence-corrected chi connectivity index (χ2v) is 2.63. The van der Waals surface area contributed by atoms with Crippen LogP contribution >= 0.6 is 15.9 Å². The van der Waals surface area contributed by atoms with E-state index in [4.69, 9.17) is 9.47 Å². The Labute approximate surface area is 58.3 Å². The molecule has 0 saturated carbocycles. The Morgan fingerprint density at radius 1 is 1.38 bits per heavy atom. The van der Waals surface area contributed by atoms with Crippen LogP contribution in [0.15, 0.2) is 0 Å². The number of ether oxygens (including phenoxy) is 2. The lowest BCUT2D eigenvalue weighted by Crippen LogP contribution is -2.23. The minimum absolute atomic E-state index is 0.562. The standard InChI is InChI=1S/C5H11BrO2/c1-4-5(6,7-2)8-3/h4H2,1-3H3. The first-order valence-electron chi connectivity index (χ1n) is 2.47. The molecule has 0 aliphatic heterocycles. The van der Waals surface area contributed by atoms with E-state index in [0.29, 0.717) is 0 Å². The summed E-state index contributed by atoms with van der Waals surface area (Å²) < 4.78 is 9.30. The molecule has 0 aromatic carbocycles. The van der Waals surface area contributed by atoms with Gasteiger partial charge in [0.25, 0.3) is 0 Å². The van der Waals surface area contributed by atoms with Crippen LogP contribution in [0.5, 0.6) is 0 Å². The Kier molecular flexibility index (Phi) is 3.60. The highest BCUT2D eigenvalue weighted by Gasteiger charge is 2.21. The van der Waals surface area contributed by atoms with Crippen molar-refractivity contribution in [3.63, 3.8) is 0 Å². The molecule has 0 radical (unpaired) electrons. The fourth-order valence-corrected chi connectivity index (χ4v) is 0.372. The Morgan fingerprint density at radius 2 is 1.75 bits per heavy atom. The Bertz CT molecular complexity index is 53.2. The molecule has 0 fully saturated rings. The molecule has 0 saturated heterocycles. The van der Waals surface area contributed by atoms with Crippen LogP contribution < -0.4 is 0 Å². The molecule has 0 aromatic heterocycles. The maximum atomic E-state index is 4.93. The third-order valence-corrected chi connectivity index (χ3v) is 2.24. The first kappa shape index (κ1) is 8.40. The molecule has 8 heavy (non-hydrogen) atoms. The largest absolute Gasteiger partial charge is 0.344 e. The zero-order chi connectivity index (χ0) is 6.62. The van der Waals surface area contributed by atoms with Crippen molar-refractivity contribution in [2.24, 2.45) is 0 Å². The number of hydrogen-bond acceptors (Lipinski definition) is 2. The predicted octanol–water partition coefficient (Wildman–Crippen LogP) is 1.74. The number of halogens is 1. The van der Waals surface area contributed by atoms with Gasteiger partial charge in [-0.05, 0) is 15.9 Å². The fraction of sp³-hybridized carbons (Fsp3) is 1.00. The van der Waals surface area contributed by atoms with Gasteiger partial charge in [-0.1, -0.05) is 6.92 Å². The van der Waals surface area contributed by atoms with Crippen molar-refractivity contribution in [2.45, 2.75) is 18.0 Å². The molecule has 0 bridgehead atoms. The number of hydrogen-bond donors (Lipinski definition) is 0. The molecular formula is C5H11BrO2. The van der Waals surface area contributed by atoms with Gasteiger partial charge in [-0.3, -0.25) is 0 Å². The second-order valence-electron chi connectivity index (χ2n) is 1.42. The second kappa shape index (κ2) is 3.43. The molecule has 0 spiro atoms. The number of rotatable bonds is 3. The normalized spacial score (nSPS) is 12.0. The molecule has 0 N–H and O–H groups in total. The monoisotopic (exact) mass is 182 g/mol. The van der Waals surface area contributed by atoms with Crippen LogP contribution in [-0.4, -0.2) is 18.9 Å². The zero-order valence-corrected chi connectivity index (χ0v) is 6.99. The number of alkyl halides is 1. The van der Waals surface area contributed by atoms with Gasteiger partial charge in [0.2, 0.25) is 4.70 Å². The van der Waals surface area contributed by atoms with Crippen LogP contribution in [0, 0.1) is 0 Å². The molecule has 0 heterocycles. The van der Waals surface area contributed by atoms with Gasteiger partial charge in [-0.15, -0.1) is 0 Å². The van der Waals surface area contributed by atoms with E-state index in [-0.39, 0.29) is 0 Å². The molecule has 0 unspecified atom stereocenters. The van der Waals surface area contributed by atoms with Crippen molar-refractivity contribution in [3.05, 3.63) is 0 Å². The van der Waals surface area contributed by atoms with Gasteiger partial charge in [0.05, 0.1) is 0 Å². The molecule has 0 aromatic rings. The van der Waals surface area contributed by atoms with Gasteiger partial charge in [0, 0.05) is 20.6 Å². The van der Waals surface area contributed by atoms with Crippen LogP contribution in [0.3, 0.4) is 0 Å². The van der Waals surface area contributed by atoms with Gasteiger partial charge in [0.1, 0.15) is 0 Å². The average Bonchev–Trinajstić information content (AvgIpc) is 1.87. The van der Waals surface area contributed by atoms with E-state index in [1.54, 1.807) is 14.2 Å². The van der Waals surface area contributed by atoms with E-state index in [2.05, 4.69) is 15.9 Å². The van der Waals surface area contributed by atoms with Crippen molar-refractivity contribution >= 4 is 15.9 Å². The smallest absolute Gasteiger partial charge is 0.225 e. The molecule has 2 nitrogen and oxygen atoms in total. The summed E-state index contributed by atoms with van der Waals surface area (Å²) in [7, 11) is 3.20. The molecule has 0 rings (SSSR count). The summed E-state index contributed by atoms with van der Waals surface area (Å²) in [6, 6.07) is 0. The summed E-state index contributed by atoms with van der Waals surface area (Å²) in [5.41, 5.74) is 0. The third-order valence-electron chi connectivity index (χ3n) is 1.03. The van der Waals surface area contributed by atoms with E-state index < -0.39 is 4.70 Å². The predicted molar refractivity (Wildman–Crippen MR) is 36.0 cm³/mol. The highest BCUT2D eigenvalue weighted by Crippen LogP contribution is 2.22. The molecule has 3 heteroatoms. The van der Waals surface area contributed by atoms with Gasteiger partial charge < -0.3 is 9.47 Å². The maximum absolute atomic E-state index is 4.93. The summed E-state index contributed by atoms with van der Waals surface area (Å²) in [6.45, 7) is 1.97. The maximum Gasteiger partial charge on any atom is 0.225 e. The Hall–Kier alpha value is 0.400. The lowest BCUT2D eigenvalue weighted by Gasteiger charge is -2.21. The molecule has 0 atom stereocenters. The molecule has 0 aliphatic carbocycles. The Morgan fingerprint density at radius 3 is 1.75 bits per heavy atom. The molecular weight excluding hydrogens is 172 g/mol. The van der Waals surface area contributed by atoms with Gasteiger partial charge in [-0.2, -0.15) is 0 Å². The SMILES string of the molecule is CCC(Br)(OC)OC. The van der Waals surface area contributed by atoms with Crippen molar-refractivity contribution < 1.29 is 9.47 Å². The van der Waals surface area contributed by atoms with Crippen LogP contribution in [0.2, 0.25) is 0 Å². The summed E-state index contributed by atoms with van der Waals surface area (Å²) >= 11 is 3.24. The summed E-state index contributed by atoms with van der Waals surface area (Å²) in [4.78, 5) is 0. The zero-order valence-electron chi connectivity index (χ0n) is 5.40. The summed E-state index contributed by atoms with van der Waals surface area (Å²) in [6.07, 6.45) is 0.792. The lowest BCUT2D eigenvalue weighted by molar-refractivity contribution is -0.128. The minimum atomic E-state index is -0.562. The molecule has 0 amide bonds. The van der Waals surface area contributed by atoms with E-state index >= 15 is 0 Å². The van der Waals surface area contributed by atoms with Crippen molar-refractivity contribution in [1.29, 1.82) is 0 Å². The van der Waals surface area contributed by atoms with Crippen molar-refractivity contribution in [3.8, 4) is 0 Å². The number of methoxy groups -OCH3 is 2. The Balaban J connectivity index is 3.58. The van der Waals surface area contributed by atoms with E-state index in [1.807, 2.05) is 6.92 Å². The van der Waals surface area contributed by atoms with E-state index in [0.717, 1.165) is 6.42 Å². The topological polar surface area (TPSA) is 18.5 Å². The third kappa shape index (κ3) is 2.11. The highest BCUT2D eigenvalue weighted by molar-refractivity contribution is 9.10. The fourth-order valence-electron chi connectivity index (χ4n) is 0.372. The first-order chi connectivity index (χ1) is 3.68. The summed E-state index contributed by atoms with van der Waals surface area (Å²) in [5, 5.41) is 0. The van der Waals surface area contributed by atoms with Crippen LogP contribution in [0.25, 0.3) is 0 Å². The van der Waals surface area contributed by atoms with Crippen molar-refractivity contribution in [1.82, 2.24) is 0 Å². The quantitative estimate of drug-likeness (QED) is 0.490. The summed E-state index contributed by atoms with van der Waals surface area (Å²) in [5.74, 6) is 0.